The fourth-order valence-electron chi connectivity index (χ4n) is 2.39. The molecule has 0 spiro atoms. The van der Waals surface area contributed by atoms with E-state index in [2.05, 4.69) is 15.5 Å². The molecule has 0 atom stereocenters. The van der Waals surface area contributed by atoms with Gasteiger partial charge >= 0.3 is 0 Å². The van der Waals surface area contributed by atoms with Crippen molar-refractivity contribution in [3.63, 3.8) is 0 Å². The van der Waals surface area contributed by atoms with Crippen LogP contribution in [0.3, 0.4) is 0 Å². The molecule has 0 fully saturated rings. The number of hydrogen-bond acceptors (Lipinski definition) is 6. The minimum absolute atomic E-state index is 0. The summed E-state index contributed by atoms with van der Waals surface area (Å²) in [5.41, 5.74) is 2.82. The quantitative estimate of drug-likeness (QED) is 0.794. The third-order valence-corrected chi connectivity index (χ3v) is 3.79. The summed E-state index contributed by atoms with van der Waals surface area (Å²) in [5.74, 6) is 0.840. The van der Waals surface area contributed by atoms with Gasteiger partial charge in [-0.25, -0.2) is 0 Å². The average molecular weight is 360 g/mol. The summed E-state index contributed by atoms with van der Waals surface area (Å²) in [6.45, 7) is 0. The van der Waals surface area contributed by atoms with E-state index in [4.69, 9.17) is 4.74 Å². The summed E-state index contributed by atoms with van der Waals surface area (Å²) >= 11 is 0. The second-order valence-corrected chi connectivity index (χ2v) is 5.59. The molecule has 0 radical (unpaired) electrons. The molecule has 1 heterocycles. The molecule has 0 aromatic heterocycles. The van der Waals surface area contributed by atoms with Crippen molar-refractivity contribution in [2.45, 2.75) is 6.29 Å². The Labute approximate surface area is 154 Å². The molecule has 7 heteroatoms. The van der Waals surface area contributed by atoms with Crippen LogP contribution < -0.4 is 10.1 Å². The zero-order chi connectivity index (χ0) is 16.9. The Hall–Kier alpha value is -2.73. The van der Waals surface area contributed by atoms with Crippen molar-refractivity contribution in [2.24, 2.45) is 10.2 Å². The number of methoxy groups -OCH3 is 1. The number of benzene rings is 2. The molecule has 3 rings (SSSR count). The van der Waals surface area contributed by atoms with Gasteiger partial charge in [0.25, 0.3) is 0 Å². The zero-order valence-electron chi connectivity index (χ0n) is 14.5. The van der Waals surface area contributed by atoms with Gasteiger partial charge in [-0.2, -0.15) is 5.11 Å². The first-order chi connectivity index (χ1) is 11.7. The highest BCUT2D eigenvalue weighted by Gasteiger charge is 2.18. The number of rotatable bonds is 5. The normalized spacial score (nSPS) is 14.0. The van der Waals surface area contributed by atoms with Crippen molar-refractivity contribution < 1.29 is 4.74 Å². The molecule has 0 saturated heterocycles. The van der Waals surface area contributed by atoms with Crippen LogP contribution in [-0.2, 0) is 0 Å². The van der Waals surface area contributed by atoms with Gasteiger partial charge < -0.3 is 19.9 Å². The van der Waals surface area contributed by atoms with Crippen LogP contribution in [0.5, 0.6) is 5.75 Å². The number of nitrogens with one attached hydrogen (secondary N) is 1. The van der Waals surface area contributed by atoms with E-state index >= 15 is 0 Å². The number of ether oxygens (including phenoxy) is 1. The lowest BCUT2D eigenvalue weighted by Gasteiger charge is -2.21. The topological polar surface area (TPSA) is 52.5 Å². The standard InChI is InChI=1S/C18H21N5O.ClH/c1-22-12-13-23(2)18(22)21-20-16-6-4-14(5-7-16)19-15-8-10-17(24-3)11-9-15;/h4-13,18-19H,1-3H3;1H. The number of anilines is 2. The van der Waals surface area contributed by atoms with E-state index in [0.717, 1.165) is 22.8 Å². The second-order valence-electron chi connectivity index (χ2n) is 5.59. The summed E-state index contributed by atoms with van der Waals surface area (Å²) in [4.78, 5) is 4.01. The van der Waals surface area contributed by atoms with Gasteiger partial charge in [0, 0.05) is 37.9 Å². The van der Waals surface area contributed by atoms with E-state index in [1.54, 1.807) is 7.11 Å². The Morgan fingerprint density at radius 2 is 1.40 bits per heavy atom. The van der Waals surface area contributed by atoms with Gasteiger partial charge in [-0.1, -0.05) is 0 Å². The maximum atomic E-state index is 5.16. The maximum absolute atomic E-state index is 5.16. The van der Waals surface area contributed by atoms with Crippen LogP contribution in [0.1, 0.15) is 0 Å². The summed E-state index contributed by atoms with van der Waals surface area (Å²) in [7, 11) is 5.62. The van der Waals surface area contributed by atoms with Crippen molar-refractivity contribution in [2.75, 3.05) is 26.5 Å². The van der Waals surface area contributed by atoms with Crippen molar-refractivity contribution in [3.05, 3.63) is 60.9 Å². The number of hydrogen-bond donors (Lipinski definition) is 1. The van der Waals surface area contributed by atoms with Gasteiger partial charge in [0.05, 0.1) is 12.8 Å². The largest absolute Gasteiger partial charge is 0.497 e. The highest BCUT2D eigenvalue weighted by molar-refractivity contribution is 5.85. The van der Waals surface area contributed by atoms with E-state index in [0.29, 0.717) is 0 Å². The van der Waals surface area contributed by atoms with Crippen LogP contribution in [0, 0.1) is 0 Å². The SMILES string of the molecule is COc1ccc(Nc2ccc(N=NC3N(C)C=CN3C)cc2)cc1.Cl. The Morgan fingerprint density at radius 3 is 1.92 bits per heavy atom. The molecule has 0 aliphatic carbocycles. The number of halogens is 1. The smallest absolute Gasteiger partial charge is 0.217 e. The Kier molecular flexibility index (Phi) is 6.25. The van der Waals surface area contributed by atoms with Crippen LogP contribution in [0.25, 0.3) is 0 Å². The first kappa shape index (κ1) is 18.6. The van der Waals surface area contributed by atoms with Crippen molar-refractivity contribution in [1.29, 1.82) is 0 Å². The highest BCUT2D eigenvalue weighted by Crippen LogP contribution is 2.23. The number of azo groups is 1. The van der Waals surface area contributed by atoms with Crippen molar-refractivity contribution >= 4 is 29.5 Å². The van der Waals surface area contributed by atoms with Crippen LogP contribution in [0.2, 0.25) is 0 Å². The molecule has 0 amide bonds. The van der Waals surface area contributed by atoms with Gasteiger partial charge in [-0.15, -0.1) is 17.5 Å². The molecule has 1 aliphatic rings. The van der Waals surface area contributed by atoms with Gasteiger partial charge in [-0.05, 0) is 48.5 Å². The van der Waals surface area contributed by atoms with Gasteiger partial charge in [0.2, 0.25) is 6.29 Å². The lowest BCUT2D eigenvalue weighted by Crippen LogP contribution is -2.31. The summed E-state index contributed by atoms with van der Waals surface area (Å²) in [6, 6.07) is 15.7. The third-order valence-electron chi connectivity index (χ3n) is 3.79. The lowest BCUT2D eigenvalue weighted by molar-refractivity contribution is 0.206. The molecular weight excluding hydrogens is 338 g/mol. The monoisotopic (exact) mass is 359 g/mol. The average Bonchev–Trinajstić information content (AvgIpc) is 2.93. The van der Waals surface area contributed by atoms with Crippen LogP contribution in [0.4, 0.5) is 17.1 Å². The molecule has 6 nitrogen and oxygen atoms in total. The van der Waals surface area contributed by atoms with E-state index in [-0.39, 0.29) is 18.7 Å². The van der Waals surface area contributed by atoms with E-state index < -0.39 is 0 Å². The lowest BCUT2D eigenvalue weighted by atomic mass is 10.2. The summed E-state index contributed by atoms with van der Waals surface area (Å²) in [5, 5.41) is 12.0. The molecular formula is C18H22ClN5O. The molecule has 0 unspecified atom stereocenters. The summed E-state index contributed by atoms with van der Waals surface area (Å²) < 4.78 is 5.16. The third kappa shape index (κ3) is 4.64. The van der Waals surface area contributed by atoms with Gasteiger partial charge in [-0.3, -0.25) is 0 Å². The molecule has 0 saturated carbocycles. The molecule has 2 aromatic carbocycles. The Morgan fingerprint density at radius 1 is 0.880 bits per heavy atom. The molecule has 132 valence electrons. The van der Waals surface area contributed by atoms with Crippen molar-refractivity contribution in [1.82, 2.24) is 9.80 Å². The number of nitrogens with zero attached hydrogens (tertiary/aromatic N) is 4. The van der Waals surface area contributed by atoms with Crippen LogP contribution >= 0.6 is 12.4 Å². The van der Waals surface area contributed by atoms with Crippen molar-refractivity contribution in [3.8, 4) is 5.75 Å². The Bertz CT molecular complexity index is 718. The predicted molar refractivity (Wildman–Crippen MR) is 103 cm³/mol. The highest BCUT2D eigenvalue weighted by atomic mass is 35.5. The minimum atomic E-state index is -0.0814. The first-order valence-corrected chi connectivity index (χ1v) is 7.70. The predicted octanol–water partition coefficient (Wildman–Crippen LogP) is 4.58. The summed E-state index contributed by atoms with van der Waals surface area (Å²) in [6.07, 6.45) is 3.87. The second kappa shape index (κ2) is 8.39. The molecule has 1 N–H and O–H groups in total. The fourth-order valence-corrected chi connectivity index (χ4v) is 2.39. The van der Waals surface area contributed by atoms with Crippen LogP contribution in [0.15, 0.2) is 71.2 Å². The minimum Gasteiger partial charge on any atom is -0.497 e. The van der Waals surface area contributed by atoms with Gasteiger partial charge in [0.15, 0.2) is 0 Å². The molecule has 2 aromatic rings. The fraction of sp³-hybridized carbons (Fsp3) is 0.222. The first-order valence-electron chi connectivity index (χ1n) is 7.70. The molecule has 0 bridgehead atoms. The molecule has 1 aliphatic heterocycles. The van der Waals surface area contributed by atoms with Crippen LogP contribution in [-0.4, -0.2) is 37.3 Å². The van der Waals surface area contributed by atoms with E-state index in [1.807, 2.05) is 84.8 Å². The van der Waals surface area contributed by atoms with E-state index in [1.165, 1.54) is 0 Å². The molecule has 25 heavy (non-hydrogen) atoms. The van der Waals surface area contributed by atoms with Gasteiger partial charge in [0.1, 0.15) is 5.75 Å². The van der Waals surface area contributed by atoms with E-state index in [9.17, 15) is 0 Å². The zero-order valence-corrected chi connectivity index (χ0v) is 15.3. The maximum Gasteiger partial charge on any atom is 0.217 e. The Balaban J connectivity index is 0.00000225.